The lowest BCUT2D eigenvalue weighted by molar-refractivity contribution is -0.167. The molecule has 0 aromatic carbocycles. The zero-order valence-electron chi connectivity index (χ0n) is 42.9. The van der Waals surface area contributed by atoms with E-state index in [0.29, 0.717) is 19.3 Å². The summed E-state index contributed by atoms with van der Waals surface area (Å²) in [7, 11) is 0. The van der Waals surface area contributed by atoms with Crippen LogP contribution in [0.25, 0.3) is 0 Å². The summed E-state index contributed by atoms with van der Waals surface area (Å²) in [6.45, 7) is 6.40. The minimum absolute atomic E-state index is 0.141. The second-order valence-corrected chi connectivity index (χ2v) is 17.1. The van der Waals surface area contributed by atoms with Crippen LogP contribution in [0.1, 0.15) is 213 Å². The van der Waals surface area contributed by atoms with Gasteiger partial charge in [-0.2, -0.15) is 0 Å². The molecule has 0 aliphatic rings. The van der Waals surface area contributed by atoms with Gasteiger partial charge in [-0.05, 0) is 135 Å². The first-order chi connectivity index (χ1) is 33.0. The number of carbonyl (C=O) groups excluding carboxylic acids is 3. The third kappa shape index (κ3) is 52.4. The summed E-state index contributed by atoms with van der Waals surface area (Å²) < 4.78 is 16.7. The maximum Gasteiger partial charge on any atom is 0.306 e. The van der Waals surface area contributed by atoms with Crippen molar-refractivity contribution in [3.05, 3.63) is 134 Å². The number of esters is 3. The average molecular weight is 925 g/mol. The van der Waals surface area contributed by atoms with E-state index < -0.39 is 12.1 Å². The van der Waals surface area contributed by atoms with Gasteiger partial charge in [0.05, 0.1) is 0 Å². The SMILES string of the molecule is CCCCC/C=C\C/C=C\C/C=C\C/C=C\CCCC(=O)OC[C@H](COC(=O)CCCC/C=C\C/C=C\C/C=C\CCCCC)OC(=O)CCC/C=C\C/C=C\C/C=C\C/C=C\CCCCC. The molecule has 0 unspecified atom stereocenters. The number of ether oxygens (including phenoxy) is 3. The third-order valence-electron chi connectivity index (χ3n) is 10.6. The molecule has 0 amide bonds. The molecule has 0 saturated heterocycles. The molecule has 67 heavy (non-hydrogen) atoms. The van der Waals surface area contributed by atoms with E-state index in [1.807, 2.05) is 0 Å². The molecule has 0 aliphatic carbocycles. The molecule has 0 bridgehead atoms. The highest BCUT2D eigenvalue weighted by Crippen LogP contribution is 2.10. The number of unbranched alkanes of at least 4 members (excludes halogenated alkanes) is 13. The molecule has 6 heteroatoms. The Morgan fingerprint density at radius 1 is 0.299 bits per heavy atom. The summed E-state index contributed by atoms with van der Waals surface area (Å²) in [4.78, 5) is 38.0. The number of rotatable bonds is 46. The molecule has 0 fully saturated rings. The van der Waals surface area contributed by atoms with Gasteiger partial charge in [0.25, 0.3) is 0 Å². The van der Waals surface area contributed by atoms with Gasteiger partial charge < -0.3 is 14.2 Å². The van der Waals surface area contributed by atoms with Crippen molar-refractivity contribution >= 4 is 17.9 Å². The minimum Gasteiger partial charge on any atom is -0.462 e. The van der Waals surface area contributed by atoms with E-state index in [1.165, 1.54) is 77.0 Å². The van der Waals surface area contributed by atoms with E-state index >= 15 is 0 Å². The fourth-order valence-electron chi connectivity index (χ4n) is 6.55. The monoisotopic (exact) mass is 925 g/mol. The maximum absolute atomic E-state index is 12.8. The number of allylic oxidation sites excluding steroid dienone is 22. The van der Waals surface area contributed by atoms with Gasteiger partial charge in [-0.15, -0.1) is 0 Å². The van der Waals surface area contributed by atoms with Crippen LogP contribution < -0.4 is 0 Å². The molecule has 0 aromatic heterocycles. The van der Waals surface area contributed by atoms with E-state index in [-0.39, 0.29) is 44.4 Å². The van der Waals surface area contributed by atoms with Crippen LogP contribution in [0.5, 0.6) is 0 Å². The highest BCUT2D eigenvalue weighted by Gasteiger charge is 2.19. The Labute approximate surface area is 411 Å². The van der Waals surface area contributed by atoms with Gasteiger partial charge in [-0.25, -0.2) is 0 Å². The van der Waals surface area contributed by atoms with Crippen LogP contribution in [0.4, 0.5) is 0 Å². The fourth-order valence-corrected chi connectivity index (χ4v) is 6.55. The van der Waals surface area contributed by atoms with Gasteiger partial charge in [-0.3, -0.25) is 14.4 Å². The lowest BCUT2D eigenvalue weighted by Gasteiger charge is -2.18. The van der Waals surface area contributed by atoms with Gasteiger partial charge in [0.1, 0.15) is 13.2 Å². The first-order valence-electron chi connectivity index (χ1n) is 26.7. The molecule has 0 aliphatic heterocycles. The van der Waals surface area contributed by atoms with Gasteiger partial charge in [0.2, 0.25) is 0 Å². The lowest BCUT2D eigenvalue weighted by Crippen LogP contribution is -2.30. The van der Waals surface area contributed by atoms with E-state index in [4.69, 9.17) is 14.2 Å². The van der Waals surface area contributed by atoms with Crippen molar-refractivity contribution in [2.24, 2.45) is 0 Å². The van der Waals surface area contributed by atoms with Crippen molar-refractivity contribution in [3.8, 4) is 0 Å². The molecule has 1 atom stereocenters. The Morgan fingerprint density at radius 3 is 0.836 bits per heavy atom. The van der Waals surface area contributed by atoms with Crippen LogP contribution in [-0.4, -0.2) is 37.2 Å². The lowest BCUT2D eigenvalue weighted by atomic mass is 10.1. The van der Waals surface area contributed by atoms with Crippen molar-refractivity contribution < 1.29 is 28.6 Å². The Hall–Kier alpha value is -4.45. The summed E-state index contributed by atoms with van der Waals surface area (Å²) in [5.41, 5.74) is 0. The summed E-state index contributed by atoms with van der Waals surface area (Å²) in [5, 5.41) is 0. The second kappa shape index (κ2) is 54.2. The van der Waals surface area contributed by atoms with Crippen molar-refractivity contribution in [3.63, 3.8) is 0 Å². The zero-order chi connectivity index (χ0) is 48.6. The van der Waals surface area contributed by atoms with Crippen molar-refractivity contribution in [2.45, 2.75) is 219 Å². The van der Waals surface area contributed by atoms with Gasteiger partial charge in [0.15, 0.2) is 6.10 Å². The highest BCUT2D eigenvalue weighted by molar-refractivity contribution is 5.71. The average Bonchev–Trinajstić information content (AvgIpc) is 3.33. The largest absolute Gasteiger partial charge is 0.462 e. The van der Waals surface area contributed by atoms with Crippen LogP contribution in [0.2, 0.25) is 0 Å². The van der Waals surface area contributed by atoms with Crippen molar-refractivity contribution in [1.29, 1.82) is 0 Å². The van der Waals surface area contributed by atoms with E-state index in [0.717, 1.165) is 77.0 Å². The Bertz CT molecular complexity index is 1480. The normalized spacial score (nSPS) is 13.2. The van der Waals surface area contributed by atoms with Crippen LogP contribution >= 0.6 is 0 Å². The zero-order valence-corrected chi connectivity index (χ0v) is 42.9. The number of hydrogen-bond acceptors (Lipinski definition) is 6. The molecule has 0 spiro atoms. The Morgan fingerprint density at radius 2 is 0.537 bits per heavy atom. The van der Waals surface area contributed by atoms with Crippen molar-refractivity contribution in [2.75, 3.05) is 13.2 Å². The van der Waals surface area contributed by atoms with Crippen LogP contribution in [-0.2, 0) is 28.6 Å². The van der Waals surface area contributed by atoms with Gasteiger partial charge in [-0.1, -0.05) is 193 Å². The first-order valence-corrected chi connectivity index (χ1v) is 26.7. The molecular formula is C61H96O6. The molecule has 0 aromatic rings. The summed E-state index contributed by atoms with van der Waals surface area (Å²) in [5.74, 6) is -1.10. The summed E-state index contributed by atoms with van der Waals surface area (Å²) in [6, 6.07) is 0. The van der Waals surface area contributed by atoms with Gasteiger partial charge >= 0.3 is 17.9 Å². The fraction of sp³-hybridized carbons (Fsp3) is 0.590. The van der Waals surface area contributed by atoms with Crippen LogP contribution in [0, 0.1) is 0 Å². The summed E-state index contributed by atoms with van der Waals surface area (Å²) >= 11 is 0. The standard InChI is InChI=1S/C61H96O6/c1-4-7-10-13-16-19-22-25-28-30-33-36-39-42-45-48-51-54-60(63)66-57-58(56-65-59(62)53-50-47-44-41-38-35-32-27-24-21-18-15-12-9-6-3)67-61(64)55-52-49-46-43-40-37-34-31-29-26-23-20-17-14-11-8-5-2/h16-21,25-29,32-34,36-38,41-43,45-46,58H,4-15,22-24,30-31,35,39-40,44,47-57H2,1-3H3/b19-16-,20-17-,21-18-,28-25-,29-26-,32-27-,36-33-,37-34-,41-38-,45-42-,46-43-/t58-/m0/s1. The summed E-state index contributed by atoms with van der Waals surface area (Å²) in [6.07, 6.45) is 75.9. The minimum atomic E-state index is -0.849. The topological polar surface area (TPSA) is 78.9 Å². The molecule has 6 nitrogen and oxygen atoms in total. The smallest absolute Gasteiger partial charge is 0.306 e. The molecule has 0 N–H and O–H groups in total. The second-order valence-electron chi connectivity index (χ2n) is 17.1. The molecule has 0 rings (SSSR count). The number of hydrogen-bond donors (Lipinski definition) is 0. The third-order valence-corrected chi connectivity index (χ3v) is 10.6. The van der Waals surface area contributed by atoms with Crippen molar-refractivity contribution in [1.82, 2.24) is 0 Å². The first kappa shape index (κ1) is 62.5. The molecule has 0 heterocycles. The Balaban J connectivity index is 4.66. The molecule has 0 radical (unpaired) electrons. The maximum atomic E-state index is 12.8. The van der Waals surface area contributed by atoms with Gasteiger partial charge in [0, 0.05) is 19.3 Å². The van der Waals surface area contributed by atoms with E-state index in [9.17, 15) is 14.4 Å². The van der Waals surface area contributed by atoms with Crippen LogP contribution in [0.3, 0.4) is 0 Å². The predicted octanol–water partition coefficient (Wildman–Crippen LogP) is 17.9. The van der Waals surface area contributed by atoms with Crippen LogP contribution in [0.15, 0.2) is 134 Å². The van der Waals surface area contributed by atoms with E-state index in [1.54, 1.807) is 0 Å². The molecular weight excluding hydrogens is 829 g/mol. The van der Waals surface area contributed by atoms with E-state index in [2.05, 4.69) is 154 Å². The number of carbonyl (C=O) groups is 3. The quantitative estimate of drug-likeness (QED) is 0.0262. The highest BCUT2D eigenvalue weighted by atomic mass is 16.6. The predicted molar refractivity (Wildman–Crippen MR) is 288 cm³/mol. The molecule has 376 valence electrons. The molecule has 0 saturated carbocycles. The Kier molecular flexibility index (Phi) is 50.6.